The summed E-state index contributed by atoms with van der Waals surface area (Å²) < 4.78 is 5.24. The van der Waals surface area contributed by atoms with Crippen LogP contribution in [0.3, 0.4) is 0 Å². The van der Waals surface area contributed by atoms with Crippen molar-refractivity contribution < 1.29 is 9.53 Å². The zero-order valence-electron chi connectivity index (χ0n) is 18.5. The van der Waals surface area contributed by atoms with Crippen LogP contribution in [0, 0.1) is 5.92 Å². The standard InChI is InChI=1S/C23H37N5O2/c1-3-24-23(26-17-22(29)28-12-4-5-13-28)25-16-19-10-14-27(15-11-19)18-20-6-8-21(30-2)9-7-20/h6-9,19H,3-5,10-18H2,1-2H3,(H2,24,25,26). The molecule has 2 fully saturated rings. The minimum Gasteiger partial charge on any atom is -0.497 e. The third-order valence-electron chi connectivity index (χ3n) is 6.01. The topological polar surface area (TPSA) is 69.2 Å². The highest BCUT2D eigenvalue weighted by atomic mass is 16.5. The molecule has 0 aromatic heterocycles. The number of guanidine groups is 1. The maximum atomic E-state index is 12.2. The van der Waals surface area contributed by atoms with Crippen molar-refractivity contribution >= 4 is 11.9 Å². The van der Waals surface area contributed by atoms with Crippen molar-refractivity contribution in [3.05, 3.63) is 29.8 Å². The zero-order chi connectivity index (χ0) is 21.2. The number of aliphatic imine (C=N–C) groups is 1. The van der Waals surface area contributed by atoms with Gasteiger partial charge < -0.3 is 20.3 Å². The molecule has 1 aromatic carbocycles. The van der Waals surface area contributed by atoms with Crippen LogP contribution in [0.1, 0.15) is 38.2 Å². The van der Waals surface area contributed by atoms with Crippen LogP contribution in [-0.2, 0) is 11.3 Å². The molecule has 0 radical (unpaired) electrons. The molecule has 0 saturated carbocycles. The Morgan fingerprint density at radius 3 is 2.43 bits per heavy atom. The first-order chi connectivity index (χ1) is 14.7. The Bertz CT molecular complexity index is 677. The molecule has 0 atom stereocenters. The van der Waals surface area contributed by atoms with Crippen LogP contribution in [0.4, 0.5) is 0 Å². The van der Waals surface area contributed by atoms with Crippen LogP contribution >= 0.6 is 0 Å². The Kier molecular flexibility index (Phi) is 8.81. The average molecular weight is 416 g/mol. The predicted octanol–water partition coefficient (Wildman–Crippen LogP) is 2.08. The smallest absolute Gasteiger partial charge is 0.244 e. The van der Waals surface area contributed by atoms with Gasteiger partial charge in [-0.2, -0.15) is 0 Å². The van der Waals surface area contributed by atoms with Crippen LogP contribution in [0.2, 0.25) is 0 Å². The van der Waals surface area contributed by atoms with Gasteiger partial charge >= 0.3 is 0 Å². The summed E-state index contributed by atoms with van der Waals surface area (Å²) in [7, 11) is 1.70. The molecule has 1 aromatic rings. The Morgan fingerprint density at radius 2 is 1.80 bits per heavy atom. The van der Waals surface area contributed by atoms with Crippen molar-refractivity contribution in [3.63, 3.8) is 0 Å². The summed E-state index contributed by atoms with van der Waals surface area (Å²) in [5.41, 5.74) is 1.33. The number of hydrogen-bond acceptors (Lipinski definition) is 4. The summed E-state index contributed by atoms with van der Waals surface area (Å²) in [6, 6.07) is 8.36. The number of carbonyl (C=O) groups excluding carboxylic acids is 1. The number of amides is 1. The summed E-state index contributed by atoms with van der Waals surface area (Å²) in [6.45, 7) is 8.96. The molecule has 1 amide bonds. The monoisotopic (exact) mass is 415 g/mol. The molecule has 2 saturated heterocycles. The molecule has 0 unspecified atom stereocenters. The van der Waals surface area contributed by atoms with Gasteiger partial charge in [0, 0.05) is 32.7 Å². The molecular formula is C23H37N5O2. The van der Waals surface area contributed by atoms with Gasteiger partial charge in [-0.15, -0.1) is 0 Å². The van der Waals surface area contributed by atoms with Crippen LogP contribution < -0.4 is 15.4 Å². The number of methoxy groups -OCH3 is 1. The van der Waals surface area contributed by atoms with Crippen molar-refractivity contribution in [1.82, 2.24) is 20.4 Å². The van der Waals surface area contributed by atoms with Gasteiger partial charge in [-0.1, -0.05) is 12.1 Å². The molecule has 7 nitrogen and oxygen atoms in total. The quantitative estimate of drug-likeness (QED) is 0.503. The van der Waals surface area contributed by atoms with Gasteiger partial charge in [0.15, 0.2) is 5.96 Å². The fourth-order valence-corrected chi connectivity index (χ4v) is 4.13. The van der Waals surface area contributed by atoms with E-state index in [1.807, 2.05) is 17.0 Å². The molecular weight excluding hydrogens is 378 g/mol. The van der Waals surface area contributed by atoms with E-state index in [-0.39, 0.29) is 12.5 Å². The predicted molar refractivity (Wildman–Crippen MR) is 121 cm³/mol. The Balaban J connectivity index is 1.39. The van der Waals surface area contributed by atoms with Crippen LogP contribution in [0.25, 0.3) is 0 Å². The van der Waals surface area contributed by atoms with Gasteiger partial charge in [-0.25, -0.2) is 4.99 Å². The van der Waals surface area contributed by atoms with Crippen LogP contribution in [-0.4, -0.2) is 74.6 Å². The summed E-state index contributed by atoms with van der Waals surface area (Å²) in [4.78, 5) is 21.2. The fraction of sp³-hybridized carbons (Fsp3) is 0.652. The first-order valence-electron chi connectivity index (χ1n) is 11.3. The summed E-state index contributed by atoms with van der Waals surface area (Å²) >= 11 is 0. The van der Waals surface area contributed by atoms with Crippen molar-refractivity contribution in [2.45, 2.75) is 39.2 Å². The van der Waals surface area contributed by atoms with Crippen molar-refractivity contribution in [2.24, 2.45) is 10.9 Å². The summed E-state index contributed by atoms with van der Waals surface area (Å²) in [6.07, 6.45) is 4.58. The molecule has 0 bridgehead atoms. The van der Waals surface area contributed by atoms with E-state index in [4.69, 9.17) is 4.74 Å². The van der Waals surface area contributed by atoms with Crippen molar-refractivity contribution in [1.29, 1.82) is 0 Å². The number of ether oxygens (including phenoxy) is 1. The van der Waals surface area contributed by atoms with Crippen molar-refractivity contribution in [3.8, 4) is 5.75 Å². The number of benzene rings is 1. The molecule has 7 heteroatoms. The van der Waals surface area contributed by atoms with Crippen LogP contribution in [0.5, 0.6) is 5.75 Å². The van der Waals surface area contributed by atoms with Gasteiger partial charge in [-0.05, 0) is 69.3 Å². The van der Waals surface area contributed by atoms with E-state index in [0.717, 1.165) is 70.4 Å². The Morgan fingerprint density at radius 1 is 1.10 bits per heavy atom. The molecule has 0 spiro atoms. The number of piperidine rings is 1. The lowest BCUT2D eigenvalue weighted by atomic mass is 9.96. The lowest BCUT2D eigenvalue weighted by Gasteiger charge is -2.32. The van der Waals surface area contributed by atoms with Gasteiger partial charge in [0.1, 0.15) is 12.3 Å². The molecule has 2 aliphatic rings. The van der Waals surface area contributed by atoms with Gasteiger partial charge in [0.25, 0.3) is 0 Å². The lowest BCUT2D eigenvalue weighted by molar-refractivity contribution is -0.128. The van der Waals surface area contributed by atoms with Gasteiger partial charge in [-0.3, -0.25) is 9.69 Å². The van der Waals surface area contributed by atoms with E-state index < -0.39 is 0 Å². The van der Waals surface area contributed by atoms with E-state index in [2.05, 4.69) is 39.6 Å². The average Bonchev–Trinajstić information content (AvgIpc) is 3.32. The highest BCUT2D eigenvalue weighted by Crippen LogP contribution is 2.19. The molecule has 2 N–H and O–H groups in total. The maximum absolute atomic E-state index is 12.2. The zero-order valence-corrected chi connectivity index (χ0v) is 18.5. The summed E-state index contributed by atoms with van der Waals surface area (Å²) in [5.74, 6) is 2.43. The number of nitrogens with zero attached hydrogens (tertiary/aromatic N) is 3. The highest BCUT2D eigenvalue weighted by Gasteiger charge is 2.20. The molecule has 0 aliphatic carbocycles. The number of hydrogen-bond donors (Lipinski definition) is 2. The van der Waals surface area contributed by atoms with E-state index in [9.17, 15) is 4.79 Å². The number of nitrogens with one attached hydrogen (secondary N) is 2. The third-order valence-corrected chi connectivity index (χ3v) is 6.01. The molecule has 166 valence electrons. The van der Waals surface area contributed by atoms with Crippen molar-refractivity contribution in [2.75, 3.05) is 52.9 Å². The molecule has 2 heterocycles. The minimum atomic E-state index is 0.136. The first-order valence-corrected chi connectivity index (χ1v) is 11.3. The Labute approximate surface area is 180 Å². The second-order valence-corrected chi connectivity index (χ2v) is 8.23. The van der Waals surface area contributed by atoms with E-state index in [0.29, 0.717) is 5.92 Å². The summed E-state index contributed by atoms with van der Waals surface area (Å²) in [5, 5.41) is 6.72. The fourth-order valence-electron chi connectivity index (χ4n) is 4.13. The van der Waals surface area contributed by atoms with Crippen LogP contribution in [0.15, 0.2) is 29.3 Å². The minimum absolute atomic E-state index is 0.136. The van der Waals surface area contributed by atoms with E-state index in [1.54, 1.807) is 7.11 Å². The SMILES string of the molecule is CCNC(=NCC(=O)N1CCCC1)NCC1CCN(Cc2ccc(OC)cc2)CC1. The van der Waals surface area contributed by atoms with E-state index in [1.165, 1.54) is 18.4 Å². The lowest BCUT2D eigenvalue weighted by Crippen LogP contribution is -2.43. The van der Waals surface area contributed by atoms with Gasteiger partial charge in [0.05, 0.1) is 7.11 Å². The third kappa shape index (κ3) is 6.90. The molecule has 30 heavy (non-hydrogen) atoms. The first kappa shape index (κ1) is 22.4. The van der Waals surface area contributed by atoms with E-state index >= 15 is 0 Å². The second-order valence-electron chi connectivity index (χ2n) is 8.23. The Hall–Kier alpha value is -2.28. The second kappa shape index (κ2) is 11.8. The number of rotatable bonds is 8. The molecule has 3 rings (SSSR count). The number of carbonyl (C=O) groups is 1. The maximum Gasteiger partial charge on any atom is 0.244 e. The highest BCUT2D eigenvalue weighted by molar-refractivity contribution is 5.85. The number of likely N-dealkylation sites (tertiary alicyclic amines) is 2. The largest absolute Gasteiger partial charge is 0.497 e. The molecule has 2 aliphatic heterocycles. The van der Waals surface area contributed by atoms with Gasteiger partial charge in [0.2, 0.25) is 5.91 Å². The normalized spacial score (nSPS) is 18.5.